The number of carbonyl (C=O) groups excluding carboxylic acids is 2. The van der Waals surface area contributed by atoms with E-state index < -0.39 is 0 Å². The molecule has 0 N–H and O–H groups in total. The van der Waals surface area contributed by atoms with Crippen LogP contribution in [-0.2, 0) is 11.2 Å². The van der Waals surface area contributed by atoms with E-state index in [4.69, 9.17) is 0 Å². The number of hydrogen-bond donors (Lipinski definition) is 0. The lowest BCUT2D eigenvalue weighted by Gasteiger charge is -2.34. The maximum absolute atomic E-state index is 13.1. The van der Waals surface area contributed by atoms with Crippen LogP contribution in [-0.4, -0.2) is 47.8 Å². The molecule has 1 aliphatic heterocycles. The molecule has 1 aromatic carbocycles. The Kier molecular flexibility index (Phi) is 6.82. The summed E-state index contributed by atoms with van der Waals surface area (Å²) in [7, 11) is 0. The summed E-state index contributed by atoms with van der Waals surface area (Å²) in [6.45, 7) is 6.25. The third-order valence-electron chi connectivity index (χ3n) is 4.96. The first kappa shape index (κ1) is 19.4. The standard InChI is InChI=1S/C22H26N2O2S/c1-2-13-23(15-12-18-8-4-3-5-9-18)21(25)19-10-6-14-24(17-19)22(26)20-11-7-16-27-20/h2-5,7-9,11,16,19H,1,6,10,12-15,17H2. The maximum atomic E-state index is 13.1. The Morgan fingerprint density at radius 1 is 1.22 bits per heavy atom. The average Bonchev–Trinajstić information content (AvgIpc) is 3.26. The SMILES string of the molecule is C=CCN(CCc1ccccc1)C(=O)C1CCCN(C(=O)c2cccs2)C1. The normalized spacial score (nSPS) is 16.7. The monoisotopic (exact) mass is 382 g/mol. The predicted molar refractivity (Wildman–Crippen MR) is 110 cm³/mol. The van der Waals surface area contributed by atoms with Crippen LogP contribution in [0.15, 0.2) is 60.5 Å². The molecule has 5 heteroatoms. The Hall–Kier alpha value is -2.40. The second-order valence-corrected chi connectivity index (χ2v) is 7.82. The highest BCUT2D eigenvalue weighted by atomic mass is 32.1. The zero-order valence-electron chi connectivity index (χ0n) is 15.5. The van der Waals surface area contributed by atoms with Crippen LogP contribution in [0, 0.1) is 5.92 Å². The van der Waals surface area contributed by atoms with Crippen LogP contribution >= 0.6 is 11.3 Å². The zero-order chi connectivity index (χ0) is 19.1. The number of rotatable bonds is 7. The van der Waals surface area contributed by atoms with Crippen molar-refractivity contribution in [2.45, 2.75) is 19.3 Å². The van der Waals surface area contributed by atoms with Gasteiger partial charge in [0.25, 0.3) is 5.91 Å². The molecule has 0 radical (unpaired) electrons. The fourth-order valence-corrected chi connectivity index (χ4v) is 4.22. The topological polar surface area (TPSA) is 40.6 Å². The van der Waals surface area contributed by atoms with E-state index in [2.05, 4.69) is 18.7 Å². The van der Waals surface area contributed by atoms with E-state index >= 15 is 0 Å². The van der Waals surface area contributed by atoms with E-state index in [-0.39, 0.29) is 17.7 Å². The molecule has 2 heterocycles. The number of thiophene rings is 1. The largest absolute Gasteiger partial charge is 0.338 e. The van der Waals surface area contributed by atoms with Crippen molar-refractivity contribution in [3.05, 3.63) is 70.9 Å². The fraction of sp³-hybridized carbons (Fsp3) is 0.364. The lowest BCUT2D eigenvalue weighted by molar-refractivity contribution is -0.136. The van der Waals surface area contributed by atoms with Gasteiger partial charge < -0.3 is 9.80 Å². The Labute approximate surface area is 165 Å². The molecule has 1 saturated heterocycles. The Morgan fingerprint density at radius 2 is 2.04 bits per heavy atom. The van der Waals surface area contributed by atoms with Crippen LogP contribution in [0.5, 0.6) is 0 Å². The molecule has 1 fully saturated rings. The van der Waals surface area contributed by atoms with Gasteiger partial charge in [-0.2, -0.15) is 0 Å². The minimum atomic E-state index is -0.126. The minimum Gasteiger partial charge on any atom is -0.338 e. The van der Waals surface area contributed by atoms with E-state index in [1.807, 2.05) is 45.5 Å². The molecule has 142 valence electrons. The Morgan fingerprint density at radius 3 is 2.74 bits per heavy atom. The first-order chi connectivity index (χ1) is 13.2. The number of benzene rings is 1. The van der Waals surface area contributed by atoms with Gasteiger partial charge in [-0.05, 0) is 36.3 Å². The number of carbonyl (C=O) groups is 2. The highest BCUT2D eigenvalue weighted by molar-refractivity contribution is 7.12. The van der Waals surface area contributed by atoms with Gasteiger partial charge in [0.2, 0.25) is 5.91 Å². The van der Waals surface area contributed by atoms with Gasteiger partial charge in [-0.25, -0.2) is 0 Å². The number of piperidine rings is 1. The van der Waals surface area contributed by atoms with Crippen LogP contribution < -0.4 is 0 Å². The lowest BCUT2D eigenvalue weighted by Crippen LogP contribution is -2.47. The van der Waals surface area contributed by atoms with E-state index in [1.54, 1.807) is 6.08 Å². The predicted octanol–water partition coefficient (Wildman–Crippen LogP) is 3.86. The molecule has 27 heavy (non-hydrogen) atoms. The first-order valence-electron chi connectivity index (χ1n) is 9.45. The smallest absolute Gasteiger partial charge is 0.263 e. The van der Waals surface area contributed by atoms with E-state index in [1.165, 1.54) is 16.9 Å². The molecule has 1 atom stereocenters. The van der Waals surface area contributed by atoms with Crippen molar-refractivity contribution < 1.29 is 9.59 Å². The van der Waals surface area contributed by atoms with Gasteiger partial charge >= 0.3 is 0 Å². The molecule has 3 rings (SSSR count). The van der Waals surface area contributed by atoms with Gasteiger partial charge in [-0.3, -0.25) is 9.59 Å². The summed E-state index contributed by atoms with van der Waals surface area (Å²) in [6, 6.07) is 13.9. The van der Waals surface area contributed by atoms with Crippen LogP contribution in [0.1, 0.15) is 28.1 Å². The van der Waals surface area contributed by atoms with Crippen LogP contribution in [0.3, 0.4) is 0 Å². The van der Waals surface area contributed by atoms with Crippen molar-refractivity contribution in [1.82, 2.24) is 9.80 Å². The number of hydrogen-bond acceptors (Lipinski definition) is 3. The number of likely N-dealkylation sites (tertiary alicyclic amines) is 1. The maximum Gasteiger partial charge on any atom is 0.263 e. The molecular weight excluding hydrogens is 356 g/mol. The van der Waals surface area contributed by atoms with Gasteiger partial charge in [-0.15, -0.1) is 17.9 Å². The highest BCUT2D eigenvalue weighted by Gasteiger charge is 2.31. The summed E-state index contributed by atoms with van der Waals surface area (Å²) in [5.74, 6) is 0.0509. The summed E-state index contributed by atoms with van der Waals surface area (Å²) in [6.07, 6.45) is 4.31. The van der Waals surface area contributed by atoms with Crippen molar-refractivity contribution in [2.24, 2.45) is 5.92 Å². The number of nitrogens with zero attached hydrogens (tertiary/aromatic N) is 2. The van der Waals surface area contributed by atoms with Crippen molar-refractivity contribution >= 4 is 23.2 Å². The van der Waals surface area contributed by atoms with Crippen molar-refractivity contribution in [1.29, 1.82) is 0 Å². The van der Waals surface area contributed by atoms with Crippen molar-refractivity contribution in [2.75, 3.05) is 26.2 Å². The van der Waals surface area contributed by atoms with E-state index in [0.717, 1.165) is 30.7 Å². The van der Waals surface area contributed by atoms with Gasteiger partial charge in [0.15, 0.2) is 0 Å². The van der Waals surface area contributed by atoms with Gasteiger partial charge in [0.1, 0.15) is 0 Å². The molecule has 2 amide bonds. The summed E-state index contributed by atoms with van der Waals surface area (Å²) in [4.78, 5) is 30.2. The molecule has 0 saturated carbocycles. The molecule has 0 aliphatic carbocycles. The molecule has 0 bridgehead atoms. The molecule has 0 spiro atoms. The number of amides is 2. The van der Waals surface area contributed by atoms with Crippen LogP contribution in [0.25, 0.3) is 0 Å². The Balaban J connectivity index is 1.62. The van der Waals surface area contributed by atoms with Gasteiger partial charge in [0.05, 0.1) is 10.8 Å². The lowest BCUT2D eigenvalue weighted by atomic mass is 9.96. The third kappa shape index (κ3) is 5.07. The zero-order valence-corrected chi connectivity index (χ0v) is 16.4. The Bertz CT molecular complexity index is 758. The van der Waals surface area contributed by atoms with Gasteiger partial charge in [-0.1, -0.05) is 42.5 Å². The summed E-state index contributed by atoms with van der Waals surface area (Å²) >= 11 is 1.45. The van der Waals surface area contributed by atoms with Crippen LogP contribution in [0.2, 0.25) is 0 Å². The first-order valence-corrected chi connectivity index (χ1v) is 10.3. The average molecular weight is 383 g/mol. The summed E-state index contributed by atoms with van der Waals surface area (Å²) in [5.41, 5.74) is 1.22. The molecule has 4 nitrogen and oxygen atoms in total. The van der Waals surface area contributed by atoms with Gasteiger partial charge in [0, 0.05) is 26.2 Å². The van der Waals surface area contributed by atoms with Crippen LogP contribution in [0.4, 0.5) is 0 Å². The quantitative estimate of drug-likeness (QED) is 0.683. The third-order valence-corrected chi connectivity index (χ3v) is 5.82. The molecular formula is C22H26N2O2S. The van der Waals surface area contributed by atoms with Crippen molar-refractivity contribution in [3.8, 4) is 0 Å². The minimum absolute atomic E-state index is 0.0436. The molecule has 1 aliphatic rings. The van der Waals surface area contributed by atoms with Crippen molar-refractivity contribution in [3.63, 3.8) is 0 Å². The highest BCUT2D eigenvalue weighted by Crippen LogP contribution is 2.22. The molecule has 1 unspecified atom stereocenters. The molecule has 1 aromatic heterocycles. The summed E-state index contributed by atoms with van der Waals surface area (Å²) in [5, 5.41) is 1.91. The van der Waals surface area contributed by atoms with E-state index in [0.29, 0.717) is 19.6 Å². The molecule has 2 aromatic rings. The van der Waals surface area contributed by atoms with E-state index in [9.17, 15) is 9.59 Å². The fourth-order valence-electron chi connectivity index (χ4n) is 3.53. The second kappa shape index (κ2) is 9.51. The summed E-state index contributed by atoms with van der Waals surface area (Å²) < 4.78 is 0. The second-order valence-electron chi connectivity index (χ2n) is 6.88.